The van der Waals surface area contributed by atoms with Gasteiger partial charge in [-0.25, -0.2) is 4.79 Å². The van der Waals surface area contributed by atoms with Gasteiger partial charge >= 0.3 is 5.97 Å². The summed E-state index contributed by atoms with van der Waals surface area (Å²) in [5, 5.41) is 0. The fourth-order valence-corrected chi connectivity index (χ4v) is 1.70. The minimum absolute atomic E-state index is 0.299. The molecular formula is C13H15BrO4. The molecule has 5 heteroatoms. The minimum Gasteiger partial charge on any atom is -0.490 e. The molecule has 0 fully saturated rings. The van der Waals surface area contributed by atoms with Crippen LogP contribution in [-0.4, -0.2) is 19.2 Å². The van der Waals surface area contributed by atoms with E-state index in [0.717, 1.165) is 6.08 Å². The first-order valence-electron chi connectivity index (χ1n) is 5.56. The molecule has 0 bridgehead atoms. The van der Waals surface area contributed by atoms with Gasteiger partial charge in [-0.15, -0.1) is 0 Å². The summed E-state index contributed by atoms with van der Waals surface area (Å²) in [7, 11) is 0. The third-order valence-electron chi connectivity index (χ3n) is 1.99. The van der Waals surface area contributed by atoms with Crippen LogP contribution in [-0.2, 0) is 4.79 Å². The van der Waals surface area contributed by atoms with Gasteiger partial charge in [-0.1, -0.05) is 6.58 Å². The first-order chi connectivity index (χ1) is 8.63. The maximum atomic E-state index is 11.3. The lowest BCUT2D eigenvalue weighted by Crippen LogP contribution is -2.07. The molecular weight excluding hydrogens is 300 g/mol. The molecule has 0 aliphatic heterocycles. The molecule has 0 aliphatic carbocycles. The van der Waals surface area contributed by atoms with Gasteiger partial charge in [-0.2, -0.15) is 0 Å². The highest BCUT2D eigenvalue weighted by Gasteiger charge is 2.18. The quantitative estimate of drug-likeness (QED) is 0.459. The molecule has 1 rings (SSSR count). The van der Waals surface area contributed by atoms with Gasteiger partial charge in [-0.05, 0) is 41.9 Å². The van der Waals surface area contributed by atoms with Crippen LogP contribution in [0.15, 0.2) is 29.3 Å². The predicted molar refractivity (Wildman–Crippen MR) is 72.3 cm³/mol. The molecule has 98 valence electrons. The van der Waals surface area contributed by atoms with Crippen LogP contribution in [0.1, 0.15) is 13.8 Å². The van der Waals surface area contributed by atoms with E-state index in [2.05, 4.69) is 22.5 Å². The van der Waals surface area contributed by atoms with Gasteiger partial charge in [-0.3, -0.25) is 0 Å². The maximum Gasteiger partial charge on any atom is 0.335 e. The summed E-state index contributed by atoms with van der Waals surface area (Å²) < 4.78 is 16.7. The molecule has 0 saturated heterocycles. The summed E-state index contributed by atoms with van der Waals surface area (Å²) in [6.45, 7) is 8.01. The maximum absolute atomic E-state index is 11.3. The van der Waals surface area contributed by atoms with Crippen molar-refractivity contribution in [3.63, 3.8) is 0 Å². The monoisotopic (exact) mass is 314 g/mol. The van der Waals surface area contributed by atoms with E-state index in [-0.39, 0.29) is 0 Å². The van der Waals surface area contributed by atoms with Crippen LogP contribution in [0.2, 0.25) is 0 Å². The number of hydrogen-bond donors (Lipinski definition) is 0. The molecule has 0 heterocycles. The molecule has 0 aliphatic rings. The van der Waals surface area contributed by atoms with Gasteiger partial charge in [0.1, 0.15) is 0 Å². The Morgan fingerprint density at radius 1 is 1.28 bits per heavy atom. The van der Waals surface area contributed by atoms with E-state index in [1.807, 2.05) is 13.8 Å². The predicted octanol–water partition coefficient (Wildman–Crippen LogP) is 3.34. The molecule has 0 amide bonds. The Balaban J connectivity index is 3.21. The zero-order valence-electron chi connectivity index (χ0n) is 10.4. The number of esters is 1. The average Bonchev–Trinajstić information content (AvgIpc) is 2.37. The molecule has 0 radical (unpaired) electrons. The van der Waals surface area contributed by atoms with Gasteiger partial charge in [0.05, 0.1) is 17.7 Å². The standard InChI is InChI=1S/C13H15BrO4/c1-4-11(15)18-12-9(14)7-8-10(16-5-2)13(12)17-6-3/h4,7-8H,1,5-6H2,2-3H3. The van der Waals surface area contributed by atoms with Gasteiger partial charge < -0.3 is 14.2 Å². The minimum atomic E-state index is -0.551. The van der Waals surface area contributed by atoms with Gasteiger partial charge in [0.25, 0.3) is 0 Å². The Morgan fingerprint density at radius 2 is 1.94 bits per heavy atom. The van der Waals surface area contributed by atoms with Gasteiger partial charge in [0.2, 0.25) is 5.75 Å². The zero-order valence-corrected chi connectivity index (χ0v) is 12.0. The lowest BCUT2D eigenvalue weighted by Gasteiger charge is -2.15. The van der Waals surface area contributed by atoms with E-state index in [1.165, 1.54) is 0 Å². The average molecular weight is 315 g/mol. The van der Waals surface area contributed by atoms with E-state index >= 15 is 0 Å². The number of ether oxygens (including phenoxy) is 3. The summed E-state index contributed by atoms with van der Waals surface area (Å²) in [4.78, 5) is 11.3. The molecule has 0 spiro atoms. The molecule has 0 saturated carbocycles. The second-order valence-corrected chi connectivity index (χ2v) is 4.05. The second kappa shape index (κ2) is 7.06. The van der Waals surface area contributed by atoms with Crippen molar-refractivity contribution in [2.24, 2.45) is 0 Å². The summed E-state index contributed by atoms with van der Waals surface area (Å²) >= 11 is 3.31. The van der Waals surface area contributed by atoms with Gasteiger partial charge in [0, 0.05) is 6.08 Å². The van der Waals surface area contributed by atoms with Crippen molar-refractivity contribution in [2.75, 3.05) is 13.2 Å². The van der Waals surface area contributed by atoms with E-state index in [1.54, 1.807) is 12.1 Å². The lowest BCUT2D eigenvalue weighted by atomic mass is 10.3. The van der Waals surface area contributed by atoms with Crippen LogP contribution in [0.3, 0.4) is 0 Å². The van der Waals surface area contributed by atoms with E-state index in [9.17, 15) is 4.79 Å². The molecule has 0 unspecified atom stereocenters. The van der Waals surface area contributed by atoms with Crippen LogP contribution < -0.4 is 14.2 Å². The molecule has 1 aromatic rings. The number of carbonyl (C=O) groups excluding carboxylic acids is 1. The van der Waals surface area contributed by atoms with Crippen LogP contribution in [0.4, 0.5) is 0 Å². The fourth-order valence-electron chi connectivity index (χ4n) is 1.31. The number of hydrogen-bond acceptors (Lipinski definition) is 4. The molecule has 0 atom stereocenters. The molecule has 0 aromatic heterocycles. The van der Waals surface area contributed by atoms with Crippen molar-refractivity contribution in [3.05, 3.63) is 29.3 Å². The first-order valence-corrected chi connectivity index (χ1v) is 6.35. The molecule has 18 heavy (non-hydrogen) atoms. The third-order valence-corrected chi connectivity index (χ3v) is 2.61. The Labute approximate surface area is 115 Å². The number of rotatable bonds is 6. The van der Waals surface area contributed by atoms with Crippen LogP contribution in [0, 0.1) is 0 Å². The SMILES string of the molecule is C=CC(=O)Oc1c(Br)ccc(OCC)c1OCC. The zero-order chi connectivity index (χ0) is 13.5. The Bertz CT molecular complexity index is 443. The summed E-state index contributed by atoms with van der Waals surface area (Å²) in [6.07, 6.45) is 1.09. The lowest BCUT2D eigenvalue weighted by molar-refractivity contribution is -0.129. The normalized spacial score (nSPS) is 9.72. The van der Waals surface area contributed by atoms with Crippen molar-refractivity contribution in [3.8, 4) is 17.2 Å². The van der Waals surface area contributed by atoms with E-state index in [4.69, 9.17) is 14.2 Å². The summed E-state index contributed by atoms with van der Waals surface area (Å²) in [5.41, 5.74) is 0. The van der Waals surface area contributed by atoms with Crippen molar-refractivity contribution >= 4 is 21.9 Å². The topological polar surface area (TPSA) is 44.8 Å². The Kier molecular flexibility index (Phi) is 5.71. The molecule has 4 nitrogen and oxygen atoms in total. The number of benzene rings is 1. The first kappa shape index (κ1) is 14.6. The Hall–Kier alpha value is -1.49. The van der Waals surface area contributed by atoms with Crippen LogP contribution in [0.5, 0.6) is 17.2 Å². The third kappa shape index (κ3) is 3.50. The van der Waals surface area contributed by atoms with E-state index < -0.39 is 5.97 Å². The van der Waals surface area contributed by atoms with Crippen LogP contribution in [0.25, 0.3) is 0 Å². The molecule has 1 aromatic carbocycles. The van der Waals surface area contributed by atoms with Crippen LogP contribution >= 0.6 is 15.9 Å². The smallest absolute Gasteiger partial charge is 0.335 e. The number of carbonyl (C=O) groups is 1. The fraction of sp³-hybridized carbons (Fsp3) is 0.308. The Morgan fingerprint density at radius 3 is 2.50 bits per heavy atom. The highest BCUT2D eigenvalue weighted by Crippen LogP contribution is 2.43. The highest BCUT2D eigenvalue weighted by molar-refractivity contribution is 9.10. The summed E-state index contributed by atoms with van der Waals surface area (Å²) in [6, 6.07) is 3.49. The molecule has 0 N–H and O–H groups in total. The van der Waals surface area contributed by atoms with Crippen molar-refractivity contribution in [1.29, 1.82) is 0 Å². The van der Waals surface area contributed by atoms with Crippen molar-refractivity contribution in [1.82, 2.24) is 0 Å². The van der Waals surface area contributed by atoms with Crippen molar-refractivity contribution in [2.45, 2.75) is 13.8 Å². The highest BCUT2D eigenvalue weighted by atomic mass is 79.9. The van der Waals surface area contributed by atoms with E-state index in [0.29, 0.717) is 34.9 Å². The second-order valence-electron chi connectivity index (χ2n) is 3.20. The van der Waals surface area contributed by atoms with Crippen molar-refractivity contribution < 1.29 is 19.0 Å². The largest absolute Gasteiger partial charge is 0.490 e. The number of halogens is 1. The summed E-state index contributed by atoms with van der Waals surface area (Å²) in [5.74, 6) is 0.691. The van der Waals surface area contributed by atoms with Gasteiger partial charge in [0.15, 0.2) is 11.5 Å².